The maximum atomic E-state index is 10.6. The summed E-state index contributed by atoms with van der Waals surface area (Å²) >= 11 is 0. The summed E-state index contributed by atoms with van der Waals surface area (Å²) in [6.45, 7) is 0. The molecule has 0 heterocycles. The molecule has 0 spiro atoms. The summed E-state index contributed by atoms with van der Waals surface area (Å²) in [5.41, 5.74) is 5.11. The molecular formula is C5H11NO4P+. The number of aliphatic carboxylic acids is 1. The van der Waals surface area contributed by atoms with Crippen LogP contribution in [0.2, 0.25) is 0 Å². The van der Waals surface area contributed by atoms with E-state index in [1.165, 1.54) is 0 Å². The highest BCUT2D eigenvalue weighted by molar-refractivity contribution is 7.44. The summed E-state index contributed by atoms with van der Waals surface area (Å²) in [7, 11) is -1.67. The largest absolute Gasteiger partial charge is 0.480 e. The Balaban J connectivity index is 3.54. The summed E-state index contributed by atoms with van der Waals surface area (Å²) in [5, 5.41) is 16.6. The third-order valence-corrected chi connectivity index (χ3v) is 2.24. The molecule has 0 fully saturated rings. The summed E-state index contributed by atoms with van der Waals surface area (Å²) in [6.07, 6.45) is -0.0912. The molecule has 0 bridgehead atoms. The van der Waals surface area contributed by atoms with Crippen LogP contribution < -0.4 is 5.73 Å². The van der Waals surface area contributed by atoms with Gasteiger partial charge < -0.3 is 15.9 Å². The maximum Gasteiger partial charge on any atom is 0.366 e. The average Bonchev–Trinajstić information content (AvgIpc) is 1.99. The van der Waals surface area contributed by atoms with Crippen molar-refractivity contribution in [3.8, 4) is 0 Å². The van der Waals surface area contributed by atoms with Crippen LogP contribution in [-0.2, 0) is 9.36 Å². The summed E-state index contributed by atoms with van der Waals surface area (Å²) in [4.78, 5) is 10.1. The second kappa shape index (κ2) is 5.18. The zero-order valence-electron chi connectivity index (χ0n) is 5.93. The van der Waals surface area contributed by atoms with Crippen molar-refractivity contribution < 1.29 is 19.6 Å². The molecule has 0 aromatic heterocycles. The smallest absolute Gasteiger partial charge is 0.366 e. The van der Waals surface area contributed by atoms with Gasteiger partial charge in [-0.3, -0.25) is 4.79 Å². The van der Waals surface area contributed by atoms with Gasteiger partial charge in [-0.05, 0) is 0 Å². The van der Waals surface area contributed by atoms with Gasteiger partial charge in [0.25, 0.3) is 0 Å². The number of aliphatic hydroxyl groups is 1. The van der Waals surface area contributed by atoms with Crippen molar-refractivity contribution >= 4 is 13.8 Å². The first-order valence-corrected chi connectivity index (χ1v) is 4.72. The first-order chi connectivity index (χ1) is 5.07. The van der Waals surface area contributed by atoms with E-state index in [0.717, 1.165) is 0 Å². The highest BCUT2D eigenvalue weighted by Crippen LogP contribution is 2.19. The Bertz CT molecular complexity index is 161. The molecule has 0 aromatic rings. The van der Waals surface area contributed by atoms with E-state index < -0.39 is 26.2 Å². The first-order valence-electron chi connectivity index (χ1n) is 3.09. The monoisotopic (exact) mass is 180 g/mol. The van der Waals surface area contributed by atoms with Gasteiger partial charge in [0.15, 0.2) is 6.16 Å². The quantitative estimate of drug-likeness (QED) is 0.498. The fourth-order valence-electron chi connectivity index (χ4n) is 0.477. The Labute approximate surface area is 65.0 Å². The van der Waals surface area contributed by atoms with Gasteiger partial charge in [0.05, 0.1) is 0 Å². The number of carboxylic acids is 1. The van der Waals surface area contributed by atoms with E-state index in [0.29, 0.717) is 0 Å². The van der Waals surface area contributed by atoms with E-state index in [4.69, 9.17) is 15.9 Å². The Morgan fingerprint density at radius 1 is 1.64 bits per heavy atom. The summed E-state index contributed by atoms with van der Waals surface area (Å²) < 4.78 is 10.6. The third-order valence-electron chi connectivity index (χ3n) is 1.16. The van der Waals surface area contributed by atoms with Crippen LogP contribution in [0.15, 0.2) is 0 Å². The van der Waals surface area contributed by atoms with E-state index in [2.05, 4.69) is 0 Å². The fraction of sp³-hybridized carbons (Fsp3) is 0.800. The summed E-state index contributed by atoms with van der Waals surface area (Å²) in [6, 6.07) is -0.972. The lowest BCUT2D eigenvalue weighted by atomic mass is 10.2. The lowest BCUT2D eigenvalue weighted by Crippen LogP contribution is -2.30. The molecule has 0 saturated heterocycles. The molecule has 0 aliphatic heterocycles. The Hall–Kier alpha value is -0.510. The lowest BCUT2D eigenvalue weighted by molar-refractivity contribution is -0.138. The molecule has 0 amide bonds. The van der Waals surface area contributed by atoms with Gasteiger partial charge in [0.2, 0.25) is 6.35 Å². The van der Waals surface area contributed by atoms with Crippen LogP contribution in [0.4, 0.5) is 0 Å². The van der Waals surface area contributed by atoms with Crippen molar-refractivity contribution in [1.82, 2.24) is 0 Å². The lowest BCUT2D eigenvalue weighted by Gasteiger charge is -1.99. The van der Waals surface area contributed by atoms with Crippen molar-refractivity contribution in [2.75, 3.05) is 12.5 Å². The Kier molecular flexibility index (Phi) is 4.94. The molecule has 0 radical (unpaired) electrons. The number of hydrogen-bond acceptors (Lipinski definition) is 4. The Morgan fingerprint density at radius 2 is 2.18 bits per heavy atom. The SMILES string of the molecule is N[C@@H](CC[P+](=O)CO)C(=O)O. The first kappa shape index (κ1) is 10.5. The molecule has 0 aliphatic rings. The zero-order chi connectivity index (χ0) is 8.85. The maximum absolute atomic E-state index is 10.6. The number of aliphatic hydroxyl groups excluding tert-OH is 1. The van der Waals surface area contributed by atoms with Crippen molar-refractivity contribution in [1.29, 1.82) is 0 Å². The van der Waals surface area contributed by atoms with Gasteiger partial charge in [-0.25, -0.2) is 0 Å². The number of nitrogens with two attached hydrogens (primary N) is 1. The standard InChI is InChI=1S/C5H10NO4P/c6-4(5(8)9)1-2-11(10)3-7/h4,7H,1-3,6H2/p+1/t4-/m0/s1. The Morgan fingerprint density at radius 3 is 2.55 bits per heavy atom. The molecule has 0 saturated carbocycles. The van der Waals surface area contributed by atoms with Gasteiger partial charge in [-0.2, -0.15) is 0 Å². The van der Waals surface area contributed by atoms with Crippen molar-refractivity contribution in [2.24, 2.45) is 5.73 Å². The normalized spacial score (nSPS) is 14.2. The topological polar surface area (TPSA) is 101 Å². The number of rotatable bonds is 5. The minimum absolute atomic E-state index is 0.144. The highest BCUT2D eigenvalue weighted by atomic mass is 31.1. The van der Waals surface area contributed by atoms with E-state index in [1.54, 1.807) is 0 Å². The van der Waals surface area contributed by atoms with Gasteiger partial charge in [0, 0.05) is 6.42 Å². The van der Waals surface area contributed by atoms with Crippen LogP contribution in [0.25, 0.3) is 0 Å². The minimum atomic E-state index is -1.67. The van der Waals surface area contributed by atoms with Crippen LogP contribution in [0.1, 0.15) is 6.42 Å². The van der Waals surface area contributed by atoms with Crippen molar-refractivity contribution in [3.05, 3.63) is 0 Å². The van der Waals surface area contributed by atoms with Gasteiger partial charge in [-0.15, -0.1) is 0 Å². The molecule has 1 unspecified atom stereocenters. The fourth-order valence-corrected chi connectivity index (χ4v) is 1.18. The molecular weight excluding hydrogens is 169 g/mol. The van der Waals surface area contributed by atoms with Gasteiger partial charge in [-0.1, -0.05) is 4.57 Å². The molecule has 0 aromatic carbocycles. The molecule has 5 nitrogen and oxygen atoms in total. The highest BCUT2D eigenvalue weighted by Gasteiger charge is 2.18. The number of carbonyl (C=O) groups is 1. The predicted octanol–water partition coefficient (Wildman–Crippen LogP) is -0.434. The molecule has 11 heavy (non-hydrogen) atoms. The average molecular weight is 180 g/mol. The van der Waals surface area contributed by atoms with Crippen LogP contribution >= 0.6 is 7.80 Å². The second-order valence-electron chi connectivity index (χ2n) is 2.08. The van der Waals surface area contributed by atoms with E-state index in [-0.39, 0.29) is 12.6 Å². The van der Waals surface area contributed by atoms with Gasteiger partial charge >= 0.3 is 13.8 Å². The number of hydrogen-bond donors (Lipinski definition) is 3. The molecule has 64 valence electrons. The van der Waals surface area contributed by atoms with Crippen LogP contribution in [0.5, 0.6) is 0 Å². The zero-order valence-corrected chi connectivity index (χ0v) is 6.83. The summed E-state index contributed by atoms with van der Waals surface area (Å²) in [5.74, 6) is -1.11. The number of carboxylic acid groups (broad SMARTS) is 1. The molecule has 0 rings (SSSR count). The molecule has 0 aliphatic carbocycles. The van der Waals surface area contributed by atoms with Crippen molar-refractivity contribution in [2.45, 2.75) is 12.5 Å². The van der Waals surface area contributed by atoms with Crippen LogP contribution in [0.3, 0.4) is 0 Å². The third kappa shape index (κ3) is 4.84. The van der Waals surface area contributed by atoms with E-state index >= 15 is 0 Å². The van der Waals surface area contributed by atoms with Crippen LogP contribution in [-0.4, -0.2) is 34.7 Å². The van der Waals surface area contributed by atoms with E-state index in [1.807, 2.05) is 0 Å². The minimum Gasteiger partial charge on any atom is -0.480 e. The second-order valence-corrected chi connectivity index (χ2v) is 3.77. The molecule has 4 N–H and O–H groups in total. The predicted molar refractivity (Wildman–Crippen MR) is 39.8 cm³/mol. The molecule has 6 heteroatoms. The van der Waals surface area contributed by atoms with Crippen molar-refractivity contribution in [3.63, 3.8) is 0 Å². The molecule has 2 atom stereocenters. The van der Waals surface area contributed by atoms with Crippen LogP contribution in [0, 0.1) is 0 Å². The van der Waals surface area contributed by atoms with Gasteiger partial charge in [0.1, 0.15) is 6.04 Å². The van der Waals surface area contributed by atoms with E-state index in [9.17, 15) is 9.36 Å².